The molecule has 1 aromatic carbocycles. The van der Waals surface area contributed by atoms with Crippen molar-refractivity contribution < 1.29 is 0 Å². The molecule has 0 saturated carbocycles. The molecule has 0 radical (unpaired) electrons. The Morgan fingerprint density at radius 3 is 1.39 bits per heavy atom. The van der Waals surface area contributed by atoms with Crippen LogP contribution in [0.5, 0.6) is 0 Å². The van der Waals surface area contributed by atoms with E-state index in [-0.39, 0.29) is 0 Å². The molecular weight excluding hydrogens is 380 g/mol. The maximum absolute atomic E-state index is 4.94. The Kier molecular flexibility index (Phi) is 12.7. The number of benzene rings is 1. The molecule has 1 aromatic heterocycles. The zero-order valence-electron chi connectivity index (χ0n) is 17.9. The predicted molar refractivity (Wildman–Crippen MR) is 128 cm³/mol. The Labute approximate surface area is 181 Å². The van der Waals surface area contributed by atoms with Gasteiger partial charge in [-0.25, -0.2) is 9.97 Å². The van der Waals surface area contributed by atoms with E-state index in [1.807, 2.05) is 23.5 Å². The van der Waals surface area contributed by atoms with Crippen LogP contribution in [0, 0.1) is 0 Å². The van der Waals surface area contributed by atoms with Gasteiger partial charge in [0.15, 0.2) is 0 Å². The zero-order chi connectivity index (χ0) is 19.9. The Balaban J connectivity index is 1.84. The molecule has 0 bridgehead atoms. The van der Waals surface area contributed by atoms with Crippen molar-refractivity contribution in [1.29, 1.82) is 0 Å². The molecule has 0 unspecified atom stereocenters. The first-order valence-corrected chi connectivity index (χ1v) is 13.3. The second-order valence-corrected chi connectivity index (χ2v) is 9.72. The summed E-state index contributed by atoms with van der Waals surface area (Å²) in [6.45, 7) is 4.55. The van der Waals surface area contributed by atoms with E-state index in [4.69, 9.17) is 9.97 Å². The van der Waals surface area contributed by atoms with Crippen molar-refractivity contribution in [2.45, 2.75) is 101 Å². The summed E-state index contributed by atoms with van der Waals surface area (Å²) in [5, 5.41) is 2.28. The average molecular weight is 419 g/mol. The highest BCUT2D eigenvalue weighted by Gasteiger charge is 2.10. The van der Waals surface area contributed by atoms with Crippen molar-refractivity contribution in [3.63, 3.8) is 0 Å². The van der Waals surface area contributed by atoms with Gasteiger partial charge in [-0.05, 0) is 36.5 Å². The molecule has 4 heteroatoms. The Hall–Kier alpha value is -0.740. The normalized spacial score (nSPS) is 11.4. The van der Waals surface area contributed by atoms with Crippen LogP contribution in [0.25, 0.3) is 11.0 Å². The van der Waals surface area contributed by atoms with E-state index in [1.54, 1.807) is 0 Å². The standard InChI is InChI=1S/C24H38N2S2/c1-3-5-7-9-11-15-19-27-23-24(28-20-16-12-10-8-6-4-2)26-22-18-14-13-17-21(22)25-23/h13-14,17-18H,3-12,15-16,19-20H2,1-2H3. The van der Waals surface area contributed by atoms with E-state index in [1.165, 1.54) is 77.0 Å². The molecule has 0 aliphatic heterocycles. The van der Waals surface area contributed by atoms with Crippen molar-refractivity contribution >= 4 is 34.6 Å². The molecule has 2 nitrogen and oxygen atoms in total. The fourth-order valence-corrected chi connectivity index (χ4v) is 5.36. The molecule has 0 N–H and O–H groups in total. The highest BCUT2D eigenvalue weighted by Crippen LogP contribution is 2.31. The van der Waals surface area contributed by atoms with E-state index in [9.17, 15) is 0 Å². The number of para-hydroxylation sites is 2. The third-order valence-electron chi connectivity index (χ3n) is 4.98. The molecule has 28 heavy (non-hydrogen) atoms. The van der Waals surface area contributed by atoms with E-state index in [0.29, 0.717) is 0 Å². The molecule has 0 atom stereocenters. The monoisotopic (exact) mass is 418 g/mol. The second kappa shape index (κ2) is 15.1. The molecule has 0 aliphatic carbocycles. The molecule has 0 amide bonds. The average Bonchev–Trinajstić information content (AvgIpc) is 2.72. The van der Waals surface area contributed by atoms with Gasteiger partial charge in [0.05, 0.1) is 11.0 Å². The number of thioether (sulfide) groups is 2. The van der Waals surface area contributed by atoms with Crippen LogP contribution in [-0.4, -0.2) is 21.5 Å². The van der Waals surface area contributed by atoms with Gasteiger partial charge < -0.3 is 0 Å². The molecule has 0 fully saturated rings. The predicted octanol–water partition coefficient (Wildman–Crippen LogP) is 8.54. The smallest absolute Gasteiger partial charge is 0.129 e. The fourth-order valence-electron chi connectivity index (χ4n) is 3.26. The van der Waals surface area contributed by atoms with E-state index in [2.05, 4.69) is 38.1 Å². The van der Waals surface area contributed by atoms with Gasteiger partial charge in [0.2, 0.25) is 0 Å². The summed E-state index contributed by atoms with van der Waals surface area (Å²) in [5.41, 5.74) is 2.05. The minimum atomic E-state index is 1.02. The van der Waals surface area contributed by atoms with Crippen LogP contribution in [0.4, 0.5) is 0 Å². The van der Waals surface area contributed by atoms with Crippen molar-refractivity contribution in [3.8, 4) is 0 Å². The number of hydrogen-bond donors (Lipinski definition) is 0. The van der Waals surface area contributed by atoms with Crippen LogP contribution in [0.3, 0.4) is 0 Å². The maximum Gasteiger partial charge on any atom is 0.129 e. The lowest BCUT2D eigenvalue weighted by Gasteiger charge is -2.09. The minimum absolute atomic E-state index is 1.02. The zero-order valence-corrected chi connectivity index (χ0v) is 19.6. The highest BCUT2D eigenvalue weighted by molar-refractivity contribution is 8.02. The number of rotatable bonds is 16. The van der Waals surface area contributed by atoms with E-state index < -0.39 is 0 Å². The first kappa shape index (κ1) is 23.5. The summed E-state index contributed by atoms with van der Waals surface area (Å²) >= 11 is 3.81. The van der Waals surface area contributed by atoms with Crippen LogP contribution in [-0.2, 0) is 0 Å². The summed E-state index contributed by atoms with van der Waals surface area (Å²) in [6.07, 6.45) is 16.2. The summed E-state index contributed by atoms with van der Waals surface area (Å²) in [5.74, 6) is 2.31. The summed E-state index contributed by atoms with van der Waals surface area (Å²) in [6, 6.07) is 8.28. The summed E-state index contributed by atoms with van der Waals surface area (Å²) < 4.78 is 0. The molecule has 2 rings (SSSR count). The van der Waals surface area contributed by atoms with Crippen molar-refractivity contribution in [3.05, 3.63) is 24.3 Å². The van der Waals surface area contributed by atoms with Crippen molar-refractivity contribution in [2.75, 3.05) is 11.5 Å². The third kappa shape index (κ3) is 9.17. The van der Waals surface area contributed by atoms with Gasteiger partial charge in [-0.1, -0.05) is 90.2 Å². The van der Waals surface area contributed by atoms with Gasteiger partial charge in [-0.15, -0.1) is 23.5 Å². The number of aromatic nitrogens is 2. The quantitative estimate of drug-likeness (QED) is 0.201. The SMILES string of the molecule is CCCCCCCCSc1nc2ccccc2nc1SCCCCCCCC. The number of fused-ring (bicyclic) bond motifs is 1. The van der Waals surface area contributed by atoms with Gasteiger partial charge >= 0.3 is 0 Å². The Morgan fingerprint density at radius 2 is 0.964 bits per heavy atom. The number of nitrogens with zero attached hydrogens (tertiary/aromatic N) is 2. The van der Waals surface area contributed by atoms with Gasteiger partial charge in [0, 0.05) is 0 Å². The molecule has 0 aliphatic rings. The molecular formula is C24H38N2S2. The number of hydrogen-bond acceptors (Lipinski definition) is 4. The van der Waals surface area contributed by atoms with Crippen molar-refractivity contribution in [1.82, 2.24) is 9.97 Å². The summed E-state index contributed by atoms with van der Waals surface area (Å²) in [7, 11) is 0. The van der Waals surface area contributed by atoms with Crippen LogP contribution >= 0.6 is 23.5 Å². The lowest BCUT2D eigenvalue weighted by molar-refractivity contribution is 0.626. The second-order valence-electron chi connectivity index (χ2n) is 7.56. The Bertz CT molecular complexity index is 604. The van der Waals surface area contributed by atoms with E-state index >= 15 is 0 Å². The first-order chi connectivity index (χ1) is 13.8. The maximum atomic E-state index is 4.94. The van der Waals surface area contributed by atoms with Crippen LogP contribution in [0.15, 0.2) is 34.3 Å². The topological polar surface area (TPSA) is 25.8 Å². The van der Waals surface area contributed by atoms with Gasteiger partial charge in [-0.2, -0.15) is 0 Å². The van der Waals surface area contributed by atoms with Gasteiger partial charge in [0.1, 0.15) is 10.1 Å². The summed E-state index contributed by atoms with van der Waals surface area (Å²) in [4.78, 5) is 9.88. The third-order valence-corrected chi connectivity index (χ3v) is 7.21. The Morgan fingerprint density at radius 1 is 0.571 bits per heavy atom. The fraction of sp³-hybridized carbons (Fsp3) is 0.667. The molecule has 0 spiro atoms. The van der Waals surface area contributed by atoms with Gasteiger partial charge in [-0.3, -0.25) is 0 Å². The number of unbranched alkanes of at least 4 members (excludes halogenated alkanes) is 10. The lowest BCUT2D eigenvalue weighted by Crippen LogP contribution is -1.95. The van der Waals surface area contributed by atoms with Crippen LogP contribution in [0.2, 0.25) is 0 Å². The first-order valence-electron chi connectivity index (χ1n) is 11.4. The highest BCUT2D eigenvalue weighted by atomic mass is 32.2. The van der Waals surface area contributed by atoms with Gasteiger partial charge in [0.25, 0.3) is 0 Å². The van der Waals surface area contributed by atoms with Crippen molar-refractivity contribution in [2.24, 2.45) is 0 Å². The minimum Gasteiger partial charge on any atom is -0.237 e. The molecule has 156 valence electrons. The molecule has 1 heterocycles. The van der Waals surface area contributed by atoms with Crippen LogP contribution < -0.4 is 0 Å². The lowest BCUT2D eigenvalue weighted by atomic mass is 10.1. The largest absolute Gasteiger partial charge is 0.237 e. The molecule has 2 aromatic rings. The van der Waals surface area contributed by atoms with Crippen LogP contribution in [0.1, 0.15) is 90.9 Å². The molecule has 0 saturated heterocycles. The van der Waals surface area contributed by atoms with E-state index in [0.717, 1.165) is 32.6 Å².